The number of ether oxygens (including phenoxy) is 1. The molecule has 0 bridgehead atoms. The molecule has 3 rings (SSSR count). The highest BCUT2D eigenvalue weighted by Crippen LogP contribution is 2.28. The van der Waals surface area contributed by atoms with Gasteiger partial charge >= 0.3 is 0 Å². The molecule has 0 radical (unpaired) electrons. The van der Waals surface area contributed by atoms with Gasteiger partial charge in [-0.15, -0.1) is 0 Å². The molecule has 4 nitrogen and oxygen atoms in total. The summed E-state index contributed by atoms with van der Waals surface area (Å²) in [6.07, 6.45) is 2.36. The van der Waals surface area contributed by atoms with E-state index >= 15 is 0 Å². The maximum Gasteiger partial charge on any atom is 0.123 e. The normalized spacial score (nSPS) is 23.6. The highest BCUT2D eigenvalue weighted by molar-refractivity contribution is 5.55. The molecule has 0 unspecified atom stereocenters. The Morgan fingerprint density at radius 2 is 2.08 bits per heavy atom. The topological polar surface area (TPSA) is 27.7 Å². The van der Waals surface area contributed by atoms with E-state index in [0.717, 1.165) is 64.5 Å². The molecule has 5 heteroatoms. The van der Waals surface area contributed by atoms with Crippen molar-refractivity contribution in [1.82, 2.24) is 10.2 Å². The molecule has 1 N–H and O–H groups in total. The van der Waals surface area contributed by atoms with Gasteiger partial charge in [0.15, 0.2) is 0 Å². The van der Waals surface area contributed by atoms with Crippen LogP contribution in [-0.2, 0) is 4.74 Å². The smallest absolute Gasteiger partial charge is 0.123 e. The molecule has 2 aliphatic rings. The van der Waals surface area contributed by atoms with Gasteiger partial charge in [0.05, 0.1) is 6.61 Å². The summed E-state index contributed by atoms with van der Waals surface area (Å²) in [4.78, 5) is 4.87. The zero-order valence-corrected chi connectivity index (χ0v) is 15.6. The number of halogens is 1. The van der Waals surface area contributed by atoms with Crippen LogP contribution in [0.1, 0.15) is 38.3 Å². The monoisotopic (exact) mass is 349 g/mol. The van der Waals surface area contributed by atoms with Gasteiger partial charge in [0.1, 0.15) is 5.82 Å². The van der Waals surface area contributed by atoms with Crippen LogP contribution in [0.2, 0.25) is 0 Å². The van der Waals surface area contributed by atoms with Gasteiger partial charge in [-0.25, -0.2) is 4.39 Å². The van der Waals surface area contributed by atoms with Crippen LogP contribution in [0.15, 0.2) is 18.2 Å². The Balaban J connectivity index is 1.65. The van der Waals surface area contributed by atoms with Crippen molar-refractivity contribution < 1.29 is 9.13 Å². The summed E-state index contributed by atoms with van der Waals surface area (Å²) in [7, 11) is 0. The molecule has 0 amide bonds. The molecule has 2 fully saturated rings. The summed E-state index contributed by atoms with van der Waals surface area (Å²) in [5, 5.41) is 3.61. The van der Waals surface area contributed by atoms with Crippen molar-refractivity contribution in [3.8, 4) is 0 Å². The van der Waals surface area contributed by atoms with Gasteiger partial charge in [-0.3, -0.25) is 0 Å². The van der Waals surface area contributed by atoms with Gasteiger partial charge in [0, 0.05) is 51.1 Å². The molecule has 2 saturated heterocycles. The summed E-state index contributed by atoms with van der Waals surface area (Å²) in [6.45, 7) is 12.3. The number of nitrogens with one attached hydrogen (secondary N) is 1. The maximum absolute atomic E-state index is 13.9. The first-order valence-electron chi connectivity index (χ1n) is 9.75. The van der Waals surface area contributed by atoms with Crippen LogP contribution < -0.4 is 10.2 Å². The Bertz CT molecular complexity index is 540. The van der Waals surface area contributed by atoms with Crippen molar-refractivity contribution >= 4 is 5.69 Å². The predicted octanol–water partition coefficient (Wildman–Crippen LogP) is 3.04. The van der Waals surface area contributed by atoms with Gasteiger partial charge in [0.2, 0.25) is 0 Å². The van der Waals surface area contributed by atoms with Gasteiger partial charge in [-0.2, -0.15) is 0 Å². The summed E-state index contributed by atoms with van der Waals surface area (Å²) in [5.74, 6) is 0.418. The molecule has 2 heterocycles. The molecule has 2 atom stereocenters. The van der Waals surface area contributed by atoms with Crippen LogP contribution in [-0.4, -0.2) is 57.4 Å². The van der Waals surface area contributed by atoms with Crippen LogP contribution in [0, 0.1) is 11.7 Å². The maximum atomic E-state index is 13.9. The number of benzene rings is 1. The number of hydrogen-bond donors (Lipinski definition) is 1. The summed E-state index contributed by atoms with van der Waals surface area (Å²) >= 11 is 0. The van der Waals surface area contributed by atoms with Crippen molar-refractivity contribution in [3.63, 3.8) is 0 Å². The molecule has 0 saturated carbocycles. The molecular formula is C20H32FN3O. The lowest BCUT2D eigenvalue weighted by molar-refractivity contribution is 0.0540. The Hall–Kier alpha value is -1.17. The lowest BCUT2D eigenvalue weighted by Crippen LogP contribution is -2.46. The van der Waals surface area contributed by atoms with Crippen LogP contribution in [0.25, 0.3) is 0 Å². The third-order valence-corrected chi connectivity index (χ3v) is 5.58. The van der Waals surface area contributed by atoms with Crippen molar-refractivity contribution in [1.29, 1.82) is 0 Å². The standard InChI is InChI=1S/C20H32FN3O/c1-3-23-8-10-24(11-9-23)20-7-6-18(21)13-19(20)16(2)22-14-17-5-4-12-25-15-17/h6-7,13,16-17,22H,3-5,8-12,14-15H2,1-2H3/t16-,17+/m1/s1. The second-order valence-electron chi connectivity index (χ2n) is 7.34. The minimum atomic E-state index is -0.152. The Labute approximate surface area is 151 Å². The van der Waals surface area contributed by atoms with E-state index in [0.29, 0.717) is 5.92 Å². The molecule has 1 aromatic carbocycles. The van der Waals surface area contributed by atoms with Gasteiger partial charge in [-0.1, -0.05) is 6.92 Å². The lowest BCUT2D eigenvalue weighted by Gasteiger charge is -2.37. The van der Waals surface area contributed by atoms with E-state index in [1.165, 1.54) is 12.1 Å². The second kappa shape index (κ2) is 8.97. The summed E-state index contributed by atoms with van der Waals surface area (Å²) < 4.78 is 19.5. The fourth-order valence-electron chi connectivity index (χ4n) is 3.89. The van der Waals surface area contributed by atoms with Crippen LogP contribution in [0.5, 0.6) is 0 Å². The highest BCUT2D eigenvalue weighted by atomic mass is 19.1. The Kier molecular flexibility index (Phi) is 6.68. The van der Waals surface area contributed by atoms with E-state index in [1.807, 2.05) is 6.07 Å². The number of piperazine rings is 1. The fraction of sp³-hybridized carbons (Fsp3) is 0.700. The number of nitrogens with zero attached hydrogens (tertiary/aromatic N) is 2. The minimum absolute atomic E-state index is 0.136. The molecule has 140 valence electrons. The van der Waals surface area contributed by atoms with Crippen molar-refractivity contribution in [2.45, 2.75) is 32.7 Å². The van der Waals surface area contributed by atoms with E-state index in [2.05, 4.69) is 29.0 Å². The zero-order valence-electron chi connectivity index (χ0n) is 15.6. The van der Waals surface area contributed by atoms with E-state index in [4.69, 9.17) is 4.74 Å². The number of anilines is 1. The van der Waals surface area contributed by atoms with Crippen molar-refractivity contribution in [3.05, 3.63) is 29.6 Å². The lowest BCUT2D eigenvalue weighted by atomic mass is 10.00. The summed E-state index contributed by atoms with van der Waals surface area (Å²) in [6, 6.07) is 5.38. The third kappa shape index (κ3) is 4.93. The fourth-order valence-corrected chi connectivity index (χ4v) is 3.89. The van der Waals surface area contributed by atoms with Gasteiger partial charge in [-0.05, 0) is 56.0 Å². The number of likely N-dealkylation sites (N-methyl/N-ethyl adjacent to an activating group) is 1. The van der Waals surface area contributed by atoms with E-state index in [-0.39, 0.29) is 11.9 Å². The van der Waals surface area contributed by atoms with Crippen molar-refractivity contribution in [2.24, 2.45) is 5.92 Å². The largest absolute Gasteiger partial charge is 0.381 e. The van der Waals surface area contributed by atoms with Gasteiger partial charge in [0.25, 0.3) is 0 Å². The van der Waals surface area contributed by atoms with Gasteiger partial charge < -0.3 is 19.9 Å². The quantitative estimate of drug-likeness (QED) is 0.854. The van der Waals surface area contributed by atoms with E-state index in [1.54, 1.807) is 12.1 Å². The Morgan fingerprint density at radius 3 is 2.76 bits per heavy atom. The third-order valence-electron chi connectivity index (χ3n) is 5.58. The molecule has 1 aromatic rings. The molecular weight excluding hydrogens is 317 g/mol. The second-order valence-corrected chi connectivity index (χ2v) is 7.34. The van der Waals surface area contributed by atoms with E-state index in [9.17, 15) is 4.39 Å². The van der Waals surface area contributed by atoms with E-state index < -0.39 is 0 Å². The molecule has 25 heavy (non-hydrogen) atoms. The summed E-state index contributed by atoms with van der Waals surface area (Å²) in [5.41, 5.74) is 2.25. The number of rotatable bonds is 6. The van der Waals surface area contributed by atoms with Crippen LogP contribution in [0.4, 0.5) is 10.1 Å². The van der Waals surface area contributed by atoms with Crippen LogP contribution in [0.3, 0.4) is 0 Å². The zero-order chi connectivity index (χ0) is 17.6. The molecule has 0 aliphatic carbocycles. The predicted molar refractivity (Wildman–Crippen MR) is 101 cm³/mol. The first kappa shape index (κ1) is 18.6. The SMILES string of the molecule is CCN1CCN(c2ccc(F)cc2[C@@H](C)NC[C@@H]2CCCOC2)CC1. The molecule has 0 aromatic heterocycles. The minimum Gasteiger partial charge on any atom is -0.381 e. The highest BCUT2D eigenvalue weighted by Gasteiger charge is 2.22. The average Bonchev–Trinajstić information content (AvgIpc) is 2.67. The number of hydrogen-bond acceptors (Lipinski definition) is 4. The first-order valence-corrected chi connectivity index (χ1v) is 9.75. The molecule has 2 aliphatic heterocycles. The Morgan fingerprint density at radius 1 is 1.28 bits per heavy atom. The molecule has 0 spiro atoms. The first-order chi connectivity index (χ1) is 12.2. The average molecular weight is 349 g/mol. The van der Waals surface area contributed by atoms with Crippen LogP contribution >= 0.6 is 0 Å². The van der Waals surface area contributed by atoms with Crippen molar-refractivity contribution in [2.75, 3.05) is 57.4 Å².